The zero-order valence-electron chi connectivity index (χ0n) is 38.5. The summed E-state index contributed by atoms with van der Waals surface area (Å²) in [7, 11) is 3.70. The topological polar surface area (TPSA) is 165 Å². The normalized spacial score (nSPS) is 18.2. The Hall–Kier alpha value is -5.89. The van der Waals surface area contributed by atoms with Crippen molar-refractivity contribution in [3.63, 3.8) is 0 Å². The lowest BCUT2D eigenvalue weighted by molar-refractivity contribution is -0.145. The van der Waals surface area contributed by atoms with E-state index in [1.54, 1.807) is 54.6 Å². The highest BCUT2D eigenvalue weighted by Crippen LogP contribution is 2.53. The molecule has 0 saturated carbocycles. The number of likely N-dealkylation sites (N-methyl/N-ethyl adjacent to an activating group) is 1. The highest BCUT2D eigenvalue weighted by atomic mass is 35.5. The molecule has 3 aromatic carbocycles. The number of methoxy groups -OCH3 is 1. The third-order valence-corrected chi connectivity index (χ3v) is 14.7. The van der Waals surface area contributed by atoms with Gasteiger partial charge in [-0.05, 0) is 79.5 Å². The second-order valence-electron chi connectivity index (χ2n) is 17.3. The molecule has 16 nitrogen and oxygen atoms in total. The van der Waals surface area contributed by atoms with Gasteiger partial charge in [0.05, 0.1) is 34.3 Å². The maximum atomic E-state index is 14.4. The van der Waals surface area contributed by atoms with Gasteiger partial charge < -0.3 is 43.5 Å². The number of thiophene rings is 1. The molecule has 2 fully saturated rings. The number of aliphatic carboxylic acids is 1. The van der Waals surface area contributed by atoms with Crippen LogP contribution in [0.5, 0.6) is 23.1 Å². The van der Waals surface area contributed by atoms with Crippen molar-refractivity contribution in [2.75, 3.05) is 91.2 Å². The number of aromatic nitrogens is 4. The number of ether oxygens (including phenoxy) is 5. The fourth-order valence-corrected chi connectivity index (χ4v) is 10.5. The van der Waals surface area contributed by atoms with Crippen LogP contribution in [-0.2, 0) is 27.4 Å². The molecule has 0 spiro atoms. The summed E-state index contributed by atoms with van der Waals surface area (Å²) in [4.78, 5) is 54.0. The molecule has 20 heteroatoms. The molecule has 4 bridgehead atoms. The Kier molecular flexibility index (Phi) is 14.6. The van der Waals surface area contributed by atoms with E-state index in [1.165, 1.54) is 29.8 Å². The summed E-state index contributed by atoms with van der Waals surface area (Å²) in [5.74, 6) is -0.193. The summed E-state index contributed by atoms with van der Waals surface area (Å²) in [5, 5.41) is 11.9. The van der Waals surface area contributed by atoms with E-state index < -0.39 is 24.0 Å². The molecule has 10 rings (SSSR count). The van der Waals surface area contributed by atoms with Crippen molar-refractivity contribution in [3.8, 4) is 44.7 Å². The van der Waals surface area contributed by atoms with Crippen LogP contribution in [0, 0.1) is 19.7 Å². The van der Waals surface area contributed by atoms with Crippen LogP contribution in [0.4, 0.5) is 10.3 Å². The van der Waals surface area contributed by atoms with Crippen molar-refractivity contribution in [2.24, 2.45) is 0 Å². The van der Waals surface area contributed by atoms with Crippen molar-refractivity contribution in [3.05, 3.63) is 99.3 Å². The Morgan fingerprint density at radius 1 is 0.957 bits per heavy atom. The van der Waals surface area contributed by atoms with Gasteiger partial charge in [-0.2, -0.15) is 0 Å². The maximum absolute atomic E-state index is 14.4. The average molecular weight is 1000 g/mol. The monoisotopic (exact) mass is 1000 g/mol. The highest BCUT2D eigenvalue weighted by Gasteiger charge is 2.33. The number of piperazine rings is 2. The van der Waals surface area contributed by atoms with E-state index in [9.17, 15) is 19.1 Å². The number of hydrogen-bond donors (Lipinski definition) is 1. The van der Waals surface area contributed by atoms with Crippen LogP contribution in [0.25, 0.3) is 31.8 Å². The van der Waals surface area contributed by atoms with Crippen LogP contribution in [0.2, 0.25) is 10.0 Å². The quantitative estimate of drug-likeness (QED) is 0.138. The summed E-state index contributed by atoms with van der Waals surface area (Å²) >= 11 is 16.0. The first-order valence-electron chi connectivity index (χ1n) is 22.6. The Morgan fingerprint density at radius 2 is 1.72 bits per heavy atom. The molecule has 7 heterocycles. The van der Waals surface area contributed by atoms with E-state index in [1.807, 2.05) is 18.7 Å². The van der Waals surface area contributed by atoms with Gasteiger partial charge in [-0.3, -0.25) is 9.69 Å². The van der Waals surface area contributed by atoms with Gasteiger partial charge in [-0.25, -0.2) is 29.1 Å². The zero-order valence-corrected chi connectivity index (χ0v) is 40.9. The van der Waals surface area contributed by atoms with E-state index in [2.05, 4.69) is 31.8 Å². The first-order chi connectivity index (χ1) is 33.3. The molecule has 1 amide bonds. The van der Waals surface area contributed by atoms with Crippen LogP contribution in [0.3, 0.4) is 0 Å². The molecule has 362 valence electrons. The predicted octanol–water partition coefficient (Wildman–Crippen LogP) is 7.21. The number of halogens is 3. The maximum Gasteiger partial charge on any atom is 0.345 e. The lowest BCUT2D eigenvalue weighted by atomic mass is 9.92. The third-order valence-electron chi connectivity index (χ3n) is 12.6. The molecule has 6 aromatic rings. The standard InChI is InChI=1S/C49H51Cl2FN8O8S/c1-28-39-29(2)43(51)44(42(28)50)67-35(23-58-15-13-57(3)14-16-58)26-65-34-9-10-36(66-25-33-11-12-53-49(56-33)60-18-17-59(19-20-64-4)38(61)24-60)31(21-34)22-37(48(62)63)68-46-41-40(39)45(69-47(41)55-27-54-46)30-5-7-32(52)8-6-30/h5-12,21,27,35,37H,13-20,22-26H2,1-4H3,(H,62,63)/t35-,37-/m1/s1. The molecule has 4 aliphatic rings. The van der Waals surface area contributed by atoms with E-state index in [-0.39, 0.29) is 48.0 Å². The molecule has 0 radical (unpaired) electrons. The Labute approximate surface area is 412 Å². The van der Waals surface area contributed by atoms with Gasteiger partial charge in [0.25, 0.3) is 0 Å². The first-order valence-corrected chi connectivity index (χ1v) is 24.1. The Balaban J connectivity index is 1.11. The van der Waals surface area contributed by atoms with E-state index >= 15 is 0 Å². The van der Waals surface area contributed by atoms with Gasteiger partial charge in [0.15, 0.2) is 5.75 Å². The average Bonchev–Trinajstić information content (AvgIpc) is 3.73. The number of benzene rings is 3. The lowest BCUT2D eigenvalue weighted by Crippen LogP contribution is -2.51. The number of rotatable bonds is 11. The number of amides is 1. The van der Waals surface area contributed by atoms with Crippen molar-refractivity contribution in [1.82, 2.24) is 34.6 Å². The van der Waals surface area contributed by atoms with E-state index in [0.29, 0.717) is 110 Å². The third kappa shape index (κ3) is 10.5. The SMILES string of the molecule is COCCN1CCN(c2nccc(COc3ccc4cc3C[C@H](C(=O)O)Oc3ncnc5sc(-c6ccc(F)cc6)c(c35)-c3c(C)c(Cl)c(c(Cl)c3C)O[C@H](CN3CCN(C)CC3)CO4)n2)CC1=O. The molecule has 0 aliphatic carbocycles. The molecule has 1 N–H and O–H groups in total. The minimum atomic E-state index is -1.49. The van der Waals surface area contributed by atoms with Crippen LogP contribution in [0.1, 0.15) is 22.4 Å². The summed E-state index contributed by atoms with van der Waals surface area (Å²) < 4.78 is 45.8. The summed E-state index contributed by atoms with van der Waals surface area (Å²) in [6.07, 6.45) is 0.723. The number of anilines is 1. The lowest BCUT2D eigenvalue weighted by Gasteiger charge is -2.35. The molecule has 4 aliphatic heterocycles. The molecular formula is C49H51Cl2FN8O8S. The van der Waals surface area contributed by atoms with Gasteiger partial charge in [0.2, 0.25) is 23.8 Å². The van der Waals surface area contributed by atoms with Gasteiger partial charge in [-0.15, -0.1) is 11.3 Å². The number of nitrogens with zero attached hydrogens (tertiary/aromatic N) is 8. The summed E-state index contributed by atoms with van der Waals surface area (Å²) in [5.41, 5.74) is 4.23. The molecular weight excluding hydrogens is 951 g/mol. The molecule has 2 saturated heterocycles. The largest absolute Gasteiger partial charge is 0.490 e. The molecule has 2 atom stereocenters. The van der Waals surface area contributed by atoms with E-state index in [0.717, 1.165) is 26.2 Å². The number of hydrogen-bond acceptors (Lipinski definition) is 15. The van der Waals surface area contributed by atoms with Gasteiger partial charge in [0, 0.05) is 88.1 Å². The predicted molar refractivity (Wildman–Crippen MR) is 261 cm³/mol. The van der Waals surface area contributed by atoms with E-state index in [4.69, 9.17) is 51.9 Å². The summed E-state index contributed by atoms with van der Waals surface area (Å²) in [6.45, 7) is 9.90. The first kappa shape index (κ1) is 48.1. The van der Waals surface area contributed by atoms with Crippen molar-refractivity contribution >= 4 is 62.6 Å². The second kappa shape index (κ2) is 21.0. The minimum absolute atomic E-state index is 0.00158. The number of carboxylic acids is 1. The van der Waals surface area contributed by atoms with Gasteiger partial charge in [0.1, 0.15) is 47.8 Å². The molecule has 69 heavy (non-hydrogen) atoms. The Morgan fingerprint density at radius 3 is 2.45 bits per heavy atom. The molecule has 3 aromatic heterocycles. The smallest absolute Gasteiger partial charge is 0.345 e. The fourth-order valence-electron chi connectivity index (χ4n) is 8.80. The Bertz CT molecular complexity index is 2840. The zero-order chi connectivity index (χ0) is 48.3. The van der Waals surface area contributed by atoms with Crippen LogP contribution < -0.4 is 23.8 Å². The summed E-state index contributed by atoms with van der Waals surface area (Å²) in [6, 6.07) is 13.0. The van der Waals surface area contributed by atoms with Gasteiger partial charge >= 0.3 is 5.97 Å². The van der Waals surface area contributed by atoms with Crippen molar-refractivity contribution < 1.29 is 42.8 Å². The number of carbonyl (C=O) groups is 2. The van der Waals surface area contributed by atoms with Crippen molar-refractivity contribution in [1.29, 1.82) is 0 Å². The second-order valence-corrected chi connectivity index (χ2v) is 19.0. The number of carbonyl (C=O) groups excluding carboxylic acids is 1. The minimum Gasteiger partial charge on any atom is -0.490 e. The number of fused-ring (bicyclic) bond motifs is 7. The van der Waals surface area contributed by atoms with Gasteiger partial charge in [-0.1, -0.05) is 35.3 Å². The highest BCUT2D eigenvalue weighted by molar-refractivity contribution is 7.22. The van der Waals surface area contributed by atoms with Crippen LogP contribution in [0.15, 0.2) is 61.1 Å². The number of carboxylic acid groups (broad SMARTS) is 1. The molecule has 0 unspecified atom stereocenters. The van der Waals surface area contributed by atoms with Crippen LogP contribution >= 0.6 is 34.5 Å². The fraction of sp³-hybridized carbons (Fsp3) is 0.388. The van der Waals surface area contributed by atoms with Crippen LogP contribution in [-0.4, -0.2) is 150 Å². The van der Waals surface area contributed by atoms with Crippen molar-refractivity contribution in [2.45, 2.75) is 39.1 Å².